The molecule has 1 aliphatic rings. The van der Waals surface area contributed by atoms with Crippen molar-refractivity contribution < 1.29 is 17.9 Å². The molecular formula is C10H18F3NO. The minimum atomic E-state index is -4.19. The molecule has 0 amide bonds. The molecule has 5 heteroatoms. The van der Waals surface area contributed by atoms with Crippen molar-refractivity contribution in [1.82, 2.24) is 5.32 Å². The highest BCUT2D eigenvalue weighted by Gasteiger charge is 2.27. The Bertz CT molecular complexity index is 169. The van der Waals surface area contributed by atoms with Crippen molar-refractivity contribution in [2.75, 3.05) is 19.8 Å². The van der Waals surface area contributed by atoms with Crippen molar-refractivity contribution in [3.8, 4) is 0 Å². The van der Waals surface area contributed by atoms with Crippen LogP contribution in [0.5, 0.6) is 0 Å². The van der Waals surface area contributed by atoms with Crippen LogP contribution in [0, 0.1) is 0 Å². The van der Waals surface area contributed by atoms with Gasteiger partial charge in [-0.25, -0.2) is 0 Å². The van der Waals surface area contributed by atoms with Gasteiger partial charge in [0.25, 0.3) is 0 Å². The van der Waals surface area contributed by atoms with Gasteiger partial charge in [0, 0.05) is 12.6 Å². The van der Waals surface area contributed by atoms with E-state index in [1.165, 1.54) is 12.8 Å². The van der Waals surface area contributed by atoms with Crippen LogP contribution in [0.1, 0.15) is 32.1 Å². The number of nitrogens with one attached hydrogen (secondary N) is 1. The quantitative estimate of drug-likeness (QED) is 0.641. The monoisotopic (exact) mass is 225 g/mol. The third kappa shape index (κ3) is 8.69. The molecule has 0 aliphatic heterocycles. The predicted octanol–water partition coefficient (Wildman–Crippen LogP) is 2.49. The molecule has 0 bridgehead atoms. The van der Waals surface area contributed by atoms with Gasteiger partial charge < -0.3 is 10.1 Å². The number of unbranched alkanes of at least 4 members (excludes halogenated alkanes) is 2. The van der Waals surface area contributed by atoms with Crippen LogP contribution >= 0.6 is 0 Å². The Balaban J connectivity index is 1.72. The van der Waals surface area contributed by atoms with E-state index in [1.807, 2.05) is 0 Å². The minimum absolute atomic E-state index is 0.211. The third-order valence-corrected chi connectivity index (χ3v) is 2.24. The summed E-state index contributed by atoms with van der Waals surface area (Å²) < 4.78 is 39.4. The molecule has 15 heavy (non-hydrogen) atoms. The summed E-state index contributed by atoms with van der Waals surface area (Å²) in [6, 6.07) is 0.714. The second kappa shape index (κ2) is 6.33. The summed E-state index contributed by atoms with van der Waals surface area (Å²) in [5.74, 6) is 0. The summed E-state index contributed by atoms with van der Waals surface area (Å²) in [6.45, 7) is 0.0696. The minimum Gasteiger partial charge on any atom is -0.372 e. The highest BCUT2D eigenvalue weighted by Crippen LogP contribution is 2.18. The zero-order valence-electron chi connectivity index (χ0n) is 8.78. The summed E-state index contributed by atoms with van der Waals surface area (Å²) in [5.41, 5.74) is 0. The van der Waals surface area contributed by atoms with Gasteiger partial charge in [0.15, 0.2) is 0 Å². The summed E-state index contributed by atoms with van der Waals surface area (Å²) in [4.78, 5) is 0. The van der Waals surface area contributed by atoms with Gasteiger partial charge in [0.1, 0.15) is 6.61 Å². The maximum absolute atomic E-state index is 11.6. The molecule has 2 nitrogen and oxygen atoms in total. The zero-order chi connectivity index (χ0) is 11.1. The van der Waals surface area contributed by atoms with Gasteiger partial charge in [0.2, 0.25) is 0 Å². The van der Waals surface area contributed by atoms with Crippen LogP contribution < -0.4 is 5.32 Å². The lowest BCUT2D eigenvalue weighted by Gasteiger charge is -2.07. The van der Waals surface area contributed by atoms with Crippen molar-refractivity contribution in [3.05, 3.63) is 0 Å². The van der Waals surface area contributed by atoms with Crippen molar-refractivity contribution in [2.24, 2.45) is 0 Å². The molecule has 0 aromatic rings. The van der Waals surface area contributed by atoms with Crippen molar-refractivity contribution in [1.29, 1.82) is 0 Å². The molecule has 90 valence electrons. The number of alkyl halides is 3. The van der Waals surface area contributed by atoms with Gasteiger partial charge in [-0.2, -0.15) is 13.2 Å². The molecule has 0 atom stereocenters. The van der Waals surface area contributed by atoms with Crippen molar-refractivity contribution in [3.63, 3.8) is 0 Å². The van der Waals surface area contributed by atoms with Gasteiger partial charge in [-0.15, -0.1) is 0 Å². The van der Waals surface area contributed by atoms with Crippen LogP contribution in [-0.4, -0.2) is 32.0 Å². The fraction of sp³-hybridized carbons (Fsp3) is 1.00. The average Bonchev–Trinajstić information content (AvgIpc) is 2.91. The smallest absolute Gasteiger partial charge is 0.372 e. The Hall–Kier alpha value is -0.290. The molecule has 0 spiro atoms. The van der Waals surface area contributed by atoms with E-state index in [1.54, 1.807) is 0 Å². The molecular weight excluding hydrogens is 207 g/mol. The van der Waals surface area contributed by atoms with E-state index in [4.69, 9.17) is 0 Å². The first-order chi connectivity index (χ1) is 7.08. The highest BCUT2D eigenvalue weighted by atomic mass is 19.4. The molecule has 0 saturated heterocycles. The van der Waals surface area contributed by atoms with Crippen LogP contribution in [0.4, 0.5) is 13.2 Å². The number of hydrogen-bond acceptors (Lipinski definition) is 2. The van der Waals surface area contributed by atoms with E-state index in [0.29, 0.717) is 12.5 Å². The van der Waals surface area contributed by atoms with Gasteiger partial charge in [-0.05, 0) is 38.6 Å². The van der Waals surface area contributed by atoms with E-state index in [0.717, 1.165) is 19.4 Å². The Morgan fingerprint density at radius 2 is 1.87 bits per heavy atom. The molecule has 1 saturated carbocycles. The van der Waals surface area contributed by atoms with E-state index in [9.17, 15) is 13.2 Å². The Labute approximate surface area is 88.2 Å². The summed E-state index contributed by atoms with van der Waals surface area (Å²) in [5, 5.41) is 3.35. The summed E-state index contributed by atoms with van der Waals surface area (Å²) in [6.07, 6.45) is 1.02. The predicted molar refractivity (Wildman–Crippen MR) is 51.7 cm³/mol. The molecule has 0 unspecified atom stereocenters. The SMILES string of the molecule is FC(F)(F)COCCCCCNC1CC1. The zero-order valence-corrected chi connectivity index (χ0v) is 8.78. The molecule has 0 aromatic carbocycles. The van der Waals surface area contributed by atoms with Crippen LogP contribution in [0.25, 0.3) is 0 Å². The topological polar surface area (TPSA) is 21.3 Å². The fourth-order valence-corrected chi connectivity index (χ4v) is 1.29. The van der Waals surface area contributed by atoms with Crippen molar-refractivity contribution >= 4 is 0 Å². The molecule has 1 N–H and O–H groups in total. The summed E-state index contributed by atoms with van der Waals surface area (Å²) >= 11 is 0. The second-order valence-electron chi connectivity index (χ2n) is 3.96. The van der Waals surface area contributed by atoms with Gasteiger partial charge in [-0.1, -0.05) is 0 Å². The van der Waals surface area contributed by atoms with E-state index in [-0.39, 0.29) is 6.61 Å². The number of halogens is 3. The Morgan fingerprint density at radius 3 is 2.47 bits per heavy atom. The van der Waals surface area contributed by atoms with E-state index >= 15 is 0 Å². The normalized spacial score (nSPS) is 17.0. The van der Waals surface area contributed by atoms with Gasteiger partial charge in [-0.3, -0.25) is 0 Å². The van der Waals surface area contributed by atoms with Gasteiger partial charge >= 0.3 is 6.18 Å². The second-order valence-corrected chi connectivity index (χ2v) is 3.96. The van der Waals surface area contributed by atoms with Crippen molar-refractivity contribution in [2.45, 2.75) is 44.3 Å². The van der Waals surface area contributed by atoms with E-state index in [2.05, 4.69) is 10.1 Å². The Morgan fingerprint density at radius 1 is 1.13 bits per heavy atom. The molecule has 1 fully saturated rings. The van der Waals surface area contributed by atoms with Crippen LogP contribution in [0.15, 0.2) is 0 Å². The fourth-order valence-electron chi connectivity index (χ4n) is 1.29. The number of ether oxygens (including phenoxy) is 1. The molecule has 1 rings (SSSR count). The molecule has 0 aromatic heterocycles. The number of hydrogen-bond donors (Lipinski definition) is 1. The lowest BCUT2D eigenvalue weighted by molar-refractivity contribution is -0.174. The van der Waals surface area contributed by atoms with E-state index < -0.39 is 12.8 Å². The molecule has 0 heterocycles. The standard InChI is InChI=1S/C10H18F3NO/c11-10(12,13)8-15-7-3-1-2-6-14-9-4-5-9/h9,14H,1-8H2. The van der Waals surface area contributed by atoms with Gasteiger partial charge in [0.05, 0.1) is 0 Å². The largest absolute Gasteiger partial charge is 0.411 e. The third-order valence-electron chi connectivity index (χ3n) is 2.24. The summed E-state index contributed by atoms with van der Waals surface area (Å²) in [7, 11) is 0. The maximum atomic E-state index is 11.6. The lowest BCUT2D eigenvalue weighted by atomic mass is 10.2. The molecule has 1 aliphatic carbocycles. The molecule has 0 radical (unpaired) electrons. The highest BCUT2D eigenvalue weighted by molar-refractivity contribution is 4.80. The first-order valence-corrected chi connectivity index (χ1v) is 5.46. The number of rotatable bonds is 8. The Kier molecular flexibility index (Phi) is 5.39. The average molecular weight is 225 g/mol. The van der Waals surface area contributed by atoms with Crippen LogP contribution in [0.3, 0.4) is 0 Å². The first kappa shape index (κ1) is 12.8. The lowest BCUT2D eigenvalue weighted by Crippen LogP contribution is -2.18. The maximum Gasteiger partial charge on any atom is 0.411 e. The van der Waals surface area contributed by atoms with Crippen LogP contribution in [-0.2, 0) is 4.74 Å². The first-order valence-electron chi connectivity index (χ1n) is 5.46. The van der Waals surface area contributed by atoms with Crippen LogP contribution in [0.2, 0.25) is 0 Å².